The first-order chi connectivity index (χ1) is 11.1. The molecule has 7 heteroatoms. The monoisotopic (exact) mass is 335 g/mol. The highest BCUT2D eigenvalue weighted by Gasteiger charge is 2.27. The number of benzene rings is 1. The lowest BCUT2D eigenvalue weighted by Gasteiger charge is -2.19. The summed E-state index contributed by atoms with van der Waals surface area (Å²) in [7, 11) is 0. The Labute approximate surface area is 139 Å². The Morgan fingerprint density at radius 1 is 1.35 bits per heavy atom. The molecule has 0 saturated carbocycles. The summed E-state index contributed by atoms with van der Waals surface area (Å²) in [6, 6.07) is 6.90. The molecule has 3 rings (SSSR count). The van der Waals surface area contributed by atoms with Crippen LogP contribution in [0.3, 0.4) is 0 Å². The highest BCUT2D eigenvalue weighted by molar-refractivity contribution is 7.05. The van der Waals surface area contributed by atoms with Gasteiger partial charge in [-0.2, -0.15) is 0 Å². The number of hydrogen-bond acceptors (Lipinski definition) is 6. The Morgan fingerprint density at radius 2 is 2.13 bits per heavy atom. The van der Waals surface area contributed by atoms with Gasteiger partial charge in [-0.1, -0.05) is 30.5 Å². The third-order valence-electron chi connectivity index (χ3n) is 4.15. The highest BCUT2D eigenvalue weighted by atomic mass is 32.1. The van der Waals surface area contributed by atoms with E-state index in [9.17, 15) is 4.39 Å². The number of hydrazine groups is 1. The van der Waals surface area contributed by atoms with Gasteiger partial charge >= 0.3 is 0 Å². The smallest absolute Gasteiger partial charge is 0.123 e. The molecule has 0 aliphatic carbocycles. The highest BCUT2D eigenvalue weighted by Crippen LogP contribution is 2.25. The topological polar surface area (TPSA) is 61.9 Å². The van der Waals surface area contributed by atoms with Crippen molar-refractivity contribution in [3.05, 3.63) is 46.2 Å². The molecule has 3 N–H and O–H groups in total. The molecule has 2 atom stereocenters. The van der Waals surface area contributed by atoms with Crippen molar-refractivity contribution in [3.8, 4) is 0 Å². The van der Waals surface area contributed by atoms with Gasteiger partial charge in [-0.25, -0.2) is 9.82 Å². The van der Waals surface area contributed by atoms with Crippen LogP contribution in [-0.2, 0) is 6.54 Å². The summed E-state index contributed by atoms with van der Waals surface area (Å²) in [4.78, 5) is 1.21. The first-order valence-corrected chi connectivity index (χ1v) is 8.68. The molecule has 1 aliphatic heterocycles. The van der Waals surface area contributed by atoms with E-state index in [1.165, 1.54) is 28.5 Å². The van der Waals surface area contributed by atoms with Crippen LogP contribution in [0.2, 0.25) is 0 Å². The molecular weight excluding hydrogens is 313 g/mol. The fourth-order valence-corrected chi connectivity index (χ4v) is 3.66. The zero-order valence-electron chi connectivity index (χ0n) is 13.3. The lowest BCUT2D eigenvalue weighted by molar-refractivity contribution is 0.441. The largest absolute Gasteiger partial charge is 0.311 e. The molecule has 124 valence electrons. The molecular formula is C16H22FN5S. The summed E-state index contributed by atoms with van der Waals surface area (Å²) < 4.78 is 17.1. The molecule has 1 aromatic carbocycles. The van der Waals surface area contributed by atoms with E-state index in [1.807, 2.05) is 12.1 Å². The Balaban J connectivity index is 1.57. The minimum atomic E-state index is -0.201. The van der Waals surface area contributed by atoms with E-state index in [0.717, 1.165) is 30.9 Å². The van der Waals surface area contributed by atoms with E-state index in [-0.39, 0.29) is 11.9 Å². The maximum atomic E-state index is 13.1. The van der Waals surface area contributed by atoms with Gasteiger partial charge in [-0.15, -0.1) is 5.10 Å². The molecule has 1 saturated heterocycles. The van der Waals surface area contributed by atoms with Crippen molar-refractivity contribution in [2.24, 2.45) is 5.92 Å². The maximum absolute atomic E-state index is 13.1. The fourth-order valence-electron chi connectivity index (χ4n) is 2.90. The molecule has 5 nitrogen and oxygen atoms in total. The van der Waals surface area contributed by atoms with Crippen molar-refractivity contribution >= 4 is 11.5 Å². The molecule has 2 unspecified atom stereocenters. The van der Waals surface area contributed by atoms with Crippen LogP contribution in [-0.4, -0.2) is 22.7 Å². The quantitative estimate of drug-likeness (QED) is 0.756. The van der Waals surface area contributed by atoms with Crippen LogP contribution in [0, 0.1) is 11.7 Å². The second kappa shape index (κ2) is 7.44. The van der Waals surface area contributed by atoms with Gasteiger partial charge in [0.15, 0.2) is 0 Å². The molecule has 2 aromatic rings. The Morgan fingerprint density at radius 3 is 2.87 bits per heavy atom. The SMILES string of the molecule is CC(C)c1nnsc1CNCC1CNNC1c1ccc(F)cc1. The van der Waals surface area contributed by atoms with Crippen molar-refractivity contribution in [3.63, 3.8) is 0 Å². The minimum absolute atomic E-state index is 0.187. The van der Waals surface area contributed by atoms with E-state index >= 15 is 0 Å². The number of nitrogens with one attached hydrogen (secondary N) is 3. The summed E-state index contributed by atoms with van der Waals surface area (Å²) in [5, 5.41) is 7.72. The van der Waals surface area contributed by atoms with Crippen LogP contribution in [0.5, 0.6) is 0 Å². The Bertz CT molecular complexity index is 628. The summed E-state index contributed by atoms with van der Waals surface area (Å²) in [6.07, 6.45) is 0. The van der Waals surface area contributed by atoms with E-state index in [0.29, 0.717) is 11.8 Å². The van der Waals surface area contributed by atoms with Crippen LogP contribution >= 0.6 is 11.5 Å². The van der Waals surface area contributed by atoms with Crippen LogP contribution in [0.25, 0.3) is 0 Å². The van der Waals surface area contributed by atoms with Gasteiger partial charge in [0.2, 0.25) is 0 Å². The number of nitrogens with zero attached hydrogens (tertiary/aromatic N) is 2. The van der Waals surface area contributed by atoms with E-state index in [4.69, 9.17) is 0 Å². The van der Waals surface area contributed by atoms with Crippen molar-refractivity contribution in [1.82, 2.24) is 25.8 Å². The molecule has 1 fully saturated rings. The average Bonchev–Trinajstić information content (AvgIpc) is 3.17. The van der Waals surface area contributed by atoms with E-state index in [2.05, 4.69) is 39.6 Å². The molecule has 1 aromatic heterocycles. The van der Waals surface area contributed by atoms with Crippen molar-refractivity contribution in [2.75, 3.05) is 13.1 Å². The lowest BCUT2D eigenvalue weighted by Crippen LogP contribution is -2.28. The number of aromatic nitrogens is 2. The van der Waals surface area contributed by atoms with E-state index in [1.54, 1.807) is 0 Å². The molecule has 23 heavy (non-hydrogen) atoms. The van der Waals surface area contributed by atoms with Gasteiger partial charge in [0.25, 0.3) is 0 Å². The maximum Gasteiger partial charge on any atom is 0.123 e. The predicted molar refractivity (Wildman–Crippen MR) is 89.5 cm³/mol. The van der Waals surface area contributed by atoms with Crippen LogP contribution < -0.4 is 16.2 Å². The van der Waals surface area contributed by atoms with Crippen molar-refractivity contribution in [1.29, 1.82) is 0 Å². The van der Waals surface area contributed by atoms with Crippen molar-refractivity contribution < 1.29 is 4.39 Å². The molecule has 0 radical (unpaired) electrons. The molecule has 0 bridgehead atoms. The molecule has 0 amide bonds. The van der Waals surface area contributed by atoms with Gasteiger partial charge in [0.1, 0.15) is 5.82 Å². The number of hydrogen-bond donors (Lipinski definition) is 3. The fraction of sp³-hybridized carbons (Fsp3) is 0.500. The summed E-state index contributed by atoms with van der Waals surface area (Å²) in [5.41, 5.74) is 8.67. The molecule has 0 spiro atoms. The second-order valence-electron chi connectivity index (χ2n) is 6.18. The number of rotatable bonds is 6. The van der Waals surface area contributed by atoms with Gasteiger partial charge in [-0.3, -0.25) is 5.43 Å². The van der Waals surface area contributed by atoms with Crippen LogP contribution in [0.1, 0.15) is 41.9 Å². The normalized spacial score (nSPS) is 21.2. The van der Waals surface area contributed by atoms with Crippen molar-refractivity contribution in [2.45, 2.75) is 32.4 Å². The Hall–Kier alpha value is -1.41. The lowest BCUT2D eigenvalue weighted by atomic mass is 9.95. The zero-order chi connectivity index (χ0) is 16.2. The zero-order valence-corrected chi connectivity index (χ0v) is 14.2. The van der Waals surface area contributed by atoms with E-state index < -0.39 is 0 Å². The summed E-state index contributed by atoms with van der Waals surface area (Å²) in [6.45, 7) is 6.81. The standard InChI is InChI=1S/C16H22FN5S/c1-10(2)15-14(23-22-21-15)9-18-7-12-8-19-20-16(12)11-3-5-13(17)6-4-11/h3-6,10,12,16,18-20H,7-9H2,1-2H3. The van der Waals surface area contributed by atoms with Crippen LogP contribution in [0.15, 0.2) is 24.3 Å². The summed E-state index contributed by atoms with van der Waals surface area (Å²) >= 11 is 1.46. The van der Waals surface area contributed by atoms with Crippen LogP contribution in [0.4, 0.5) is 4.39 Å². The Kier molecular flexibility index (Phi) is 5.32. The first-order valence-electron chi connectivity index (χ1n) is 7.91. The predicted octanol–water partition coefficient (Wildman–Crippen LogP) is 2.36. The van der Waals surface area contributed by atoms with Gasteiger partial charge in [0.05, 0.1) is 16.6 Å². The van der Waals surface area contributed by atoms with Gasteiger partial charge in [0, 0.05) is 25.6 Å². The molecule has 1 aliphatic rings. The third-order valence-corrected chi connectivity index (χ3v) is 4.88. The van der Waals surface area contributed by atoms with Gasteiger partial charge < -0.3 is 5.32 Å². The van der Waals surface area contributed by atoms with Gasteiger partial charge in [-0.05, 0) is 35.1 Å². The number of halogens is 1. The third kappa shape index (κ3) is 3.92. The second-order valence-corrected chi connectivity index (χ2v) is 7.02. The minimum Gasteiger partial charge on any atom is -0.311 e. The summed E-state index contributed by atoms with van der Waals surface area (Å²) in [5.74, 6) is 0.601. The molecule has 2 heterocycles. The first kappa shape index (κ1) is 16.4. The average molecular weight is 335 g/mol.